The van der Waals surface area contributed by atoms with Gasteiger partial charge in [0.2, 0.25) is 0 Å². The molecule has 32 heavy (non-hydrogen) atoms. The highest BCUT2D eigenvalue weighted by Gasteiger charge is 2.17. The van der Waals surface area contributed by atoms with Gasteiger partial charge in [0.05, 0.1) is 12.7 Å². The summed E-state index contributed by atoms with van der Waals surface area (Å²) in [6.45, 7) is -3.46. The summed E-state index contributed by atoms with van der Waals surface area (Å²) in [7, 11) is 1.55. The quantitative estimate of drug-likeness (QED) is 0.197. The SMILES string of the molecule is COc1cccc(C=C(C(=O)OCC(=O)c2ccc(OC(F)F)cc2)c2ccccc2)c1. The number of Topliss-reactive ketones (excluding diaryl/α,β-unsaturated/α-hetero) is 1. The van der Waals surface area contributed by atoms with Crippen LogP contribution in [0.1, 0.15) is 21.5 Å². The Balaban J connectivity index is 1.75. The minimum atomic E-state index is -2.95. The molecule has 3 rings (SSSR count). The highest BCUT2D eigenvalue weighted by Crippen LogP contribution is 2.22. The van der Waals surface area contributed by atoms with Crippen LogP contribution in [0.4, 0.5) is 8.78 Å². The molecule has 164 valence electrons. The maximum Gasteiger partial charge on any atom is 0.387 e. The first-order valence-electron chi connectivity index (χ1n) is 9.62. The predicted molar refractivity (Wildman–Crippen MR) is 116 cm³/mol. The molecule has 0 radical (unpaired) electrons. The van der Waals surface area contributed by atoms with Gasteiger partial charge in [-0.1, -0.05) is 42.5 Å². The van der Waals surface area contributed by atoms with Crippen molar-refractivity contribution < 1.29 is 32.6 Å². The Morgan fingerprint density at radius 1 is 0.875 bits per heavy atom. The number of hydrogen-bond acceptors (Lipinski definition) is 5. The Kier molecular flexibility index (Phi) is 7.70. The maximum absolute atomic E-state index is 12.8. The first-order chi connectivity index (χ1) is 15.5. The summed E-state index contributed by atoms with van der Waals surface area (Å²) in [5.74, 6) is -0.587. The molecule has 0 spiro atoms. The standard InChI is InChI=1S/C25H20F2O5/c1-30-21-9-5-6-17(14-21)15-22(18-7-3-2-4-8-18)24(29)31-16-23(28)19-10-12-20(13-11-19)32-25(26)27/h2-15,25H,16H2,1H3. The van der Waals surface area contributed by atoms with Crippen molar-refractivity contribution in [2.24, 2.45) is 0 Å². The van der Waals surface area contributed by atoms with Crippen LogP contribution < -0.4 is 9.47 Å². The number of alkyl halides is 2. The van der Waals surface area contributed by atoms with E-state index < -0.39 is 25.0 Å². The van der Waals surface area contributed by atoms with Gasteiger partial charge >= 0.3 is 12.6 Å². The zero-order valence-electron chi connectivity index (χ0n) is 17.2. The van der Waals surface area contributed by atoms with Crippen molar-refractivity contribution >= 4 is 23.4 Å². The maximum atomic E-state index is 12.8. The van der Waals surface area contributed by atoms with Gasteiger partial charge in [-0.3, -0.25) is 4.79 Å². The Morgan fingerprint density at radius 3 is 2.25 bits per heavy atom. The molecule has 0 bridgehead atoms. The van der Waals surface area contributed by atoms with Gasteiger partial charge in [0.25, 0.3) is 0 Å². The Bertz CT molecular complexity index is 1090. The van der Waals surface area contributed by atoms with E-state index in [2.05, 4.69) is 4.74 Å². The smallest absolute Gasteiger partial charge is 0.387 e. The second-order valence-electron chi connectivity index (χ2n) is 6.60. The molecule has 3 aromatic carbocycles. The first-order valence-corrected chi connectivity index (χ1v) is 9.62. The molecular weight excluding hydrogens is 418 g/mol. The van der Waals surface area contributed by atoms with Gasteiger partial charge in [0.15, 0.2) is 12.4 Å². The molecule has 0 aliphatic rings. The molecule has 0 heterocycles. The summed E-state index contributed by atoms with van der Waals surface area (Å²) < 4.78 is 39.2. The second-order valence-corrected chi connectivity index (χ2v) is 6.60. The zero-order chi connectivity index (χ0) is 22.9. The molecule has 0 unspecified atom stereocenters. The lowest BCUT2D eigenvalue weighted by Crippen LogP contribution is -2.15. The van der Waals surface area contributed by atoms with Crippen molar-refractivity contribution in [2.75, 3.05) is 13.7 Å². The largest absolute Gasteiger partial charge is 0.497 e. The monoisotopic (exact) mass is 438 g/mol. The molecule has 0 atom stereocenters. The number of halogens is 2. The molecule has 0 saturated heterocycles. The van der Waals surface area contributed by atoms with Gasteiger partial charge in [0.1, 0.15) is 11.5 Å². The van der Waals surface area contributed by atoms with Gasteiger partial charge in [-0.05, 0) is 53.6 Å². The third-order valence-electron chi connectivity index (χ3n) is 4.45. The number of carbonyl (C=O) groups is 2. The number of methoxy groups -OCH3 is 1. The van der Waals surface area contributed by atoms with Crippen LogP contribution in [-0.2, 0) is 9.53 Å². The Hall–Kier alpha value is -4.00. The number of carbonyl (C=O) groups excluding carboxylic acids is 2. The zero-order valence-corrected chi connectivity index (χ0v) is 17.2. The van der Waals surface area contributed by atoms with Crippen LogP contribution >= 0.6 is 0 Å². The van der Waals surface area contributed by atoms with E-state index in [1.54, 1.807) is 55.7 Å². The van der Waals surface area contributed by atoms with E-state index in [9.17, 15) is 18.4 Å². The van der Waals surface area contributed by atoms with Gasteiger partial charge in [-0.25, -0.2) is 4.79 Å². The van der Waals surface area contributed by atoms with Crippen molar-refractivity contribution in [3.05, 3.63) is 95.6 Å². The van der Waals surface area contributed by atoms with Gasteiger partial charge < -0.3 is 14.2 Å². The number of esters is 1. The van der Waals surface area contributed by atoms with Crippen molar-refractivity contribution in [3.8, 4) is 11.5 Å². The lowest BCUT2D eigenvalue weighted by atomic mass is 10.0. The average Bonchev–Trinajstić information content (AvgIpc) is 2.81. The molecule has 7 heteroatoms. The number of hydrogen-bond donors (Lipinski definition) is 0. The minimum absolute atomic E-state index is 0.0684. The third-order valence-corrected chi connectivity index (χ3v) is 4.45. The van der Waals surface area contributed by atoms with Crippen LogP contribution in [0, 0.1) is 0 Å². The topological polar surface area (TPSA) is 61.8 Å². The van der Waals surface area contributed by atoms with Gasteiger partial charge in [-0.2, -0.15) is 8.78 Å². The van der Waals surface area contributed by atoms with E-state index in [0.29, 0.717) is 11.3 Å². The molecule has 3 aromatic rings. The summed E-state index contributed by atoms with van der Waals surface area (Å²) in [5.41, 5.74) is 1.83. The molecule has 0 aliphatic heterocycles. The van der Waals surface area contributed by atoms with Crippen molar-refractivity contribution in [1.82, 2.24) is 0 Å². The molecule has 5 nitrogen and oxygen atoms in total. The van der Waals surface area contributed by atoms with Crippen LogP contribution in [0.3, 0.4) is 0 Å². The number of ketones is 1. The third kappa shape index (κ3) is 6.25. The lowest BCUT2D eigenvalue weighted by molar-refractivity contribution is -0.135. The van der Waals surface area contributed by atoms with Crippen molar-refractivity contribution in [2.45, 2.75) is 6.61 Å². The van der Waals surface area contributed by atoms with E-state index in [4.69, 9.17) is 9.47 Å². The number of rotatable bonds is 9. The molecule has 0 N–H and O–H groups in total. The summed E-state index contributed by atoms with van der Waals surface area (Å²) in [6.07, 6.45) is 1.65. The highest BCUT2D eigenvalue weighted by molar-refractivity contribution is 6.22. The highest BCUT2D eigenvalue weighted by atomic mass is 19.3. The second kappa shape index (κ2) is 10.9. The van der Waals surface area contributed by atoms with E-state index >= 15 is 0 Å². The summed E-state index contributed by atoms with van der Waals surface area (Å²) >= 11 is 0. The van der Waals surface area contributed by atoms with Gasteiger partial charge in [-0.15, -0.1) is 0 Å². The fourth-order valence-corrected chi connectivity index (χ4v) is 2.89. The normalized spacial score (nSPS) is 11.2. The van der Waals surface area contributed by atoms with E-state index in [-0.39, 0.29) is 16.9 Å². The van der Waals surface area contributed by atoms with Crippen LogP contribution in [0.15, 0.2) is 78.9 Å². The molecular formula is C25H20F2O5. The van der Waals surface area contributed by atoms with Crippen molar-refractivity contribution in [1.29, 1.82) is 0 Å². The van der Waals surface area contributed by atoms with Crippen molar-refractivity contribution in [3.63, 3.8) is 0 Å². The molecule has 0 aliphatic carbocycles. The fourth-order valence-electron chi connectivity index (χ4n) is 2.89. The first kappa shape index (κ1) is 22.7. The van der Waals surface area contributed by atoms with Crippen LogP contribution in [0.5, 0.6) is 11.5 Å². The molecule has 0 saturated carbocycles. The minimum Gasteiger partial charge on any atom is -0.497 e. The van der Waals surface area contributed by atoms with Crippen LogP contribution in [0.25, 0.3) is 11.6 Å². The summed E-state index contributed by atoms with van der Waals surface area (Å²) in [4.78, 5) is 25.2. The number of benzene rings is 3. The Labute approximate surface area is 183 Å². The van der Waals surface area contributed by atoms with Crippen LogP contribution in [0.2, 0.25) is 0 Å². The summed E-state index contributed by atoms with van der Waals surface area (Å²) in [5, 5.41) is 0. The fraction of sp³-hybridized carbons (Fsp3) is 0.120. The van der Waals surface area contributed by atoms with E-state index in [1.165, 1.54) is 24.3 Å². The van der Waals surface area contributed by atoms with E-state index in [1.807, 2.05) is 12.1 Å². The molecule has 0 aromatic heterocycles. The number of ether oxygens (including phenoxy) is 3. The van der Waals surface area contributed by atoms with E-state index in [0.717, 1.165) is 5.56 Å². The average molecular weight is 438 g/mol. The van der Waals surface area contributed by atoms with Crippen LogP contribution in [-0.4, -0.2) is 32.1 Å². The lowest BCUT2D eigenvalue weighted by Gasteiger charge is -2.10. The van der Waals surface area contributed by atoms with Gasteiger partial charge in [0, 0.05) is 5.56 Å². The molecule has 0 amide bonds. The Morgan fingerprint density at radius 2 is 1.59 bits per heavy atom. The predicted octanol–water partition coefficient (Wildman–Crippen LogP) is 5.26. The molecule has 0 fully saturated rings. The summed E-state index contributed by atoms with van der Waals surface area (Å²) in [6, 6.07) is 21.2.